The molecule has 3 aromatic heterocycles. The van der Waals surface area contributed by atoms with Crippen LogP contribution in [0.25, 0.3) is 11.4 Å². The van der Waals surface area contributed by atoms with E-state index in [1.54, 1.807) is 49.1 Å². The first kappa shape index (κ1) is 29.8. The predicted octanol–water partition coefficient (Wildman–Crippen LogP) is 2.73. The number of carbonyl (C=O) groups is 3. The van der Waals surface area contributed by atoms with Gasteiger partial charge in [0.2, 0.25) is 11.8 Å². The molecule has 4 rings (SSSR count). The molecule has 0 bridgehead atoms. The standard InChI is InChI=1S/C29H39N9O3/c1-18(2)15-24-27-33-21(5)35-38(27)14-13-37(12-8-10-25(39)36(6)20(4)28(40)34-24)29(41)23-17-31-26(32-19(23)3)22-9-7-11-30-16-22/h7,9,11,16-18,20,24H,8,10,12-15H2,1-6H3,(H,34,40)/t20-,24+/m0/s1. The summed E-state index contributed by atoms with van der Waals surface area (Å²) >= 11 is 0. The van der Waals surface area contributed by atoms with Gasteiger partial charge in [0, 0.05) is 50.7 Å². The van der Waals surface area contributed by atoms with E-state index in [2.05, 4.69) is 44.2 Å². The Morgan fingerprint density at radius 3 is 2.59 bits per heavy atom. The topological polar surface area (TPSA) is 139 Å². The lowest BCUT2D eigenvalue weighted by molar-refractivity contribution is -0.138. The van der Waals surface area contributed by atoms with Crippen molar-refractivity contribution in [3.63, 3.8) is 0 Å². The van der Waals surface area contributed by atoms with Crippen molar-refractivity contribution in [3.05, 3.63) is 53.6 Å². The van der Waals surface area contributed by atoms with Crippen molar-refractivity contribution < 1.29 is 14.4 Å². The minimum absolute atomic E-state index is 0.156. The maximum atomic E-state index is 13.8. The van der Waals surface area contributed by atoms with Gasteiger partial charge in [0.25, 0.3) is 5.91 Å². The van der Waals surface area contributed by atoms with Crippen LogP contribution >= 0.6 is 0 Å². The van der Waals surface area contributed by atoms with Gasteiger partial charge in [-0.05, 0) is 51.7 Å². The molecule has 4 heterocycles. The van der Waals surface area contributed by atoms with E-state index in [0.717, 1.165) is 5.56 Å². The molecule has 0 radical (unpaired) electrons. The van der Waals surface area contributed by atoms with Crippen molar-refractivity contribution in [3.8, 4) is 11.4 Å². The number of hydrogen-bond acceptors (Lipinski definition) is 8. The zero-order chi connectivity index (χ0) is 29.7. The number of fused-ring (bicyclic) bond motifs is 1. The normalized spacial score (nSPS) is 19.1. The van der Waals surface area contributed by atoms with Crippen LogP contribution in [0.4, 0.5) is 0 Å². The lowest BCUT2D eigenvalue weighted by Crippen LogP contribution is -2.47. The highest BCUT2D eigenvalue weighted by atomic mass is 16.2. The third-order valence-corrected chi connectivity index (χ3v) is 7.31. The Kier molecular flexibility index (Phi) is 9.41. The van der Waals surface area contributed by atoms with Crippen molar-refractivity contribution in [2.75, 3.05) is 20.1 Å². The molecule has 3 amide bonds. The molecule has 12 nitrogen and oxygen atoms in total. The molecule has 0 saturated carbocycles. The lowest BCUT2D eigenvalue weighted by atomic mass is 10.0. The molecular weight excluding hydrogens is 522 g/mol. The van der Waals surface area contributed by atoms with Gasteiger partial charge in [0.1, 0.15) is 17.7 Å². The van der Waals surface area contributed by atoms with Crippen LogP contribution < -0.4 is 5.32 Å². The first-order valence-corrected chi connectivity index (χ1v) is 14.1. The van der Waals surface area contributed by atoms with Crippen LogP contribution in [0, 0.1) is 19.8 Å². The summed E-state index contributed by atoms with van der Waals surface area (Å²) in [6.45, 7) is 10.5. The summed E-state index contributed by atoms with van der Waals surface area (Å²) in [5.74, 6) is 1.38. The van der Waals surface area contributed by atoms with Crippen LogP contribution in [-0.2, 0) is 16.1 Å². The predicted molar refractivity (Wildman–Crippen MR) is 152 cm³/mol. The van der Waals surface area contributed by atoms with Gasteiger partial charge in [-0.15, -0.1) is 0 Å². The number of amides is 3. The number of hydrogen-bond donors (Lipinski definition) is 1. The minimum Gasteiger partial charge on any atom is -0.344 e. The van der Waals surface area contributed by atoms with Crippen molar-refractivity contribution in [2.45, 2.75) is 72.5 Å². The smallest absolute Gasteiger partial charge is 0.257 e. The zero-order valence-corrected chi connectivity index (χ0v) is 24.7. The van der Waals surface area contributed by atoms with E-state index >= 15 is 0 Å². The molecule has 41 heavy (non-hydrogen) atoms. The summed E-state index contributed by atoms with van der Waals surface area (Å²) in [4.78, 5) is 60.9. The maximum absolute atomic E-state index is 13.8. The molecule has 1 aliphatic rings. The second kappa shape index (κ2) is 13.0. The average molecular weight is 562 g/mol. The number of aryl methyl sites for hydroxylation is 2. The van der Waals surface area contributed by atoms with Gasteiger partial charge in [0.05, 0.1) is 23.8 Å². The maximum Gasteiger partial charge on any atom is 0.257 e. The first-order valence-electron chi connectivity index (χ1n) is 14.1. The minimum atomic E-state index is -0.659. The molecular formula is C29H39N9O3. The average Bonchev–Trinajstić information content (AvgIpc) is 3.33. The quantitative estimate of drug-likeness (QED) is 0.513. The van der Waals surface area contributed by atoms with E-state index < -0.39 is 12.1 Å². The highest BCUT2D eigenvalue weighted by molar-refractivity contribution is 5.95. The molecule has 0 unspecified atom stereocenters. The molecule has 0 spiro atoms. The second-order valence-electron chi connectivity index (χ2n) is 10.9. The van der Waals surface area contributed by atoms with Gasteiger partial charge >= 0.3 is 0 Å². The number of carbonyl (C=O) groups excluding carboxylic acids is 3. The molecule has 12 heteroatoms. The van der Waals surface area contributed by atoms with Crippen LogP contribution in [0.3, 0.4) is 0 Å². The number of pyridine rings is 1. The number of rotatable bonds is 4. The van der Waals surface area contributed by atoms with Crippen LogP contribution in [0.15, 0.2) is 30.7 Å². The van der Waals surface area contributed by atoms with Gasteiger partial charge < -0.3 is 15.1 Å². The van der Waals surface area contributed by atoms with Gasteiger partial charge in [-0.25, -0.2) is 19.6 Å². The largest absolute Gasteiger partial charge is 0.344 e. The number of aromatic nitrogens is 6. The summed E-state index contributed by atoms with van der Waals surface area (Å²) in [7, 11) is 1.63. The first-order chi connectivity index (χ1) is 19.5. The SMILES string of the molecule is Cc1nc2n(n1)CCN(C(=O)c1cnc(-c3cccnc3)nc1C)CCCC(=O)N(C)[C@@H](C)C(=O)N[C@@H]2CC(C)C. The van der Waals surface area contributed by atoms with E-state index in [0.29, 0.717) is 61.2 Å². The molecule has 1 N–H and O–H groups in total. The summed E-state index contributed by atoms with van der Waals surface area (Å²) in [5, 5.41) is 7.70. The molecule has 0 aromatic carbocycles. The van der Waals surface area contributed by atoms with Gasteiger partial charge in [-0.1, -0.05) is 13.8 Å². The Bertz CT molecular complexity index is 1390. The van der Waals surface area contributed by atoms with Gasteiger partial charge in [-0.3, -0.25) is 19.4 Å². The van der Waals surface area contributed by atoms with E-state index in [9.17, 15) is 14.4 Å². The Morgan fingerprint density at radius 1 is 1.12 bits per heavy atom. The van der Waals surface area contributed by atoms with Crippen molar-refractivity contribution in [1.82, 2.24) is 44.8 Å². The molecule has 3 aromatic rings. The van der Waals surface area contributed by atoms with E-state index in [1.165, 1.54) is 4.90 Å². The molecule has 218 valence electrons. The molecule has 0 saturated heterocycles. The molecule has 0 fully saturated rings. The van der Waals surface area contributed by atoms with E-state index in [-0.39, 0.29) is 30.1 Å². The fourth-order valence-electron chi connectivity index (χ4n) is 4.89. The number of nitrogens with one attached hydrogen (secondary N) is 1. The summed E-state index contributed by atoms with van der Waals surface area (Å²) < 4.78 is 1.78. The summed E-state index contributed by atoms with van der Waals surface area (Å²) in [5.41, 5.74) is 1.72. The van der Waals surface area contributed by atoms with Crippen LogP contribution in [0.1, 0.15) is 73.8 Å². The zero-order valence-electron chi connectivity index (χ0n) is 24.7. The molecule has 1 aliphatic heterocycles. The van der Waals surface area contributed by atoms with E-state index in [4.69, 9.17) is 0 Å². The van der Waals surface area contributed by atoms with Gasteiger partial charge in [-0.2, -0.15) is 5.10 Å². The number of nitrogens with zero attached hydrogens (tertiary/aromatic N) is 8. The van der Waals surface area contributed by atoms with Crippen molar-refractivity contribution in [1.29, 1.82) is 0 Å². The highest BCUT2D eigenvalue weighted by Gasteiger charge is 2.29. The highest BCUT2D eigenvalue weighted by Crippen LogP contribution is 2.22. The molecule has 2 atom stereocenters. The van der Waals surface area contributed by atoms with Crippen molar-refractivity contribution in [2.24, 2.45) is 5.92 Å². The van der Waals surface area contributed by atoms with Crippen LogP contribution in [0.5, 0.6) is 0 Å². The Morgan fingerprint density at radius 2 is 1.90 bits per heavy atom. The third-order valence-electron chi connectivity index (χ3n) is 7.31. The fraction of sp³-hybridized carbons (Fsp3) is 0.517. The monoisotopic (exact) mass is 561 g/mol. The van der Waals surface area contributed by atoms with Crippen molar-refractivity contribution >= 4 is 17.7 Å². The summed E-state index contributed by atoms with van der Waals surface area (Å²) in [6, 6.07) is 2.63. The number of likely N-dealkylation sites (N-methyl/N-ethyl adjacent to an activating group) is 1. The Labute approximate surface area is 240 Å². The summed E-state index contributed by atoms with van der Waals surface area (Å²) in [6.07, 6.45) is 6.21. The lowest BCUT2D eigenvalue weighted by Gasteiger charge is -2.29. The van der Waals surface area contributed by atoms with Crippen LogP contribution in [0.2, 0.25) is 0 Å². The van der Waals surface area contributed by atoms with Crippen LogP contribution in [-0.4, -0.2) is 83.4 Å². The molecule has 0 aliphatic carbocycles. The third kappa shape index (κ3) is 7.11. The second-order valence-corrected chi connectivity index (χ2v) is 10.9. The Balaban J connectivity index is 1.65. The fourth-order valence-corrected chi connectivity index (χ4v) is 4.89. The van der Waals surface area contributed by atoms with Gasteiger partial charge in [0.15, 0.2) is 5.82 Å². The Hall–Kier alpha value is -4.22. The van der Waals surface area contributed by atoms with E-state index in [1.807, 2.05) is 19.1 Å².